The van der Waals surface area contributed by atoms with Crippen molar-refractivity contribution < 1.29 is 18.8 Å². The molecular weight excluding hydrogens is 228 g/mol. The van der Waals surface area contributed by atoms with Crippen LogP contribution in [0.4, 0.5) is 0 Å². The summed E-state index contributed by atoms with van der Waals surface area (Å²) in [5.41, 5.74) is 0. The first-order valence-electron chi connectivity index (χ1n) is 5.54. The Morgan fingerprint density at radius 1 is 1.31 bits per heavy atom. The fourth-order valence-electron chi connectivity index (χ4n) is 1.29. The molecule has 96 valence electrons. The second-order valence-corrected chi connectivity index (χ2v) is 6.23. The fourth-order valence-corrected chi connectivity index (χ4v) is 2.66. The standard InChI is InChI=1S/C11H22O4S/c1-8(2)7-15-5-6-16(14)10(9(3)4)11(12)13/h8-10H,5-7H2,1-4H3,(H,12,13). The van der Waals surface area contributed by atoms with Crippen LogP contribution in [0.15, 0.2) is 0 Å². The van der Waals surface area contributed by atoms with Gasteiger partial charge in [-0.25, -0.2) is 0 Å². The Balaban J connectivity index is 3.98. The SMILES string of the molecule is CC(C)COCCS(=O)C(C(=O)O)C(C)C. The van der Waals surface area contributed by atoms with Gasteiger partial charge in [0.15, 0.2) is 0 Å². The van der Waals surface area contributed by atoms with Gasteiger partial charge in [-0.05, 0) is 11.8 Å². The van der Waals surface area contributed by atoms with Crippen molar-refractivity contribution in [3.63, 3.8) is 0 Å². The predicted molar refractivity (Wildman–Crippen MR) is 64.9 cm³/mol. The largest absolute Gasteiger partial charge is 0.480 e. The number of carbonyl (C=O) groups is 1. The Labute approximate surface area is 99.8 Å². The highest BCUT2D eigenvalue weighted by Gasteiger charge is 2.27. The molecule has 0 heterocycles. The highest BCUT2D eigenvalue weighted by molar-refractivity contribution is 7.86. The van der Waals surface area contributed by atoms with Gasteiger partial charge in [-0.1, -0.05) is 27.7 Å². The van der Waals surface area contributed by atoms with Gasteiger partial charge in [-0.15, -0.1) is 0 Å². The molecule has 2 unspecified atom stereocenters. The number of hydrogen-bond donors (Lipinski definition) is 1. The lowest BCUT2D eigenvalue weighted by molar-refractivity contribution is -0.137. The lowest BCUT2D eigenvalue weighted by atomic mass is 10.1. The zero-order chi connectivity index (χ0) is 12.7. The molecule has 0 saturated carbocycles. The molecule has 0 fully saturated rings. The average molecular weight is 250 g/mol. The fraction of sp³-hybridized carbons (Fsp3) is 0.909. The minimum absolute atomic E-state index is 0.122. The van der Waals surface area contributed by atoms with Gasteiger partial charge in [0.2, 0.25) is 0 Å². The van der Waals surface area contributed by atoms with Crippen molar-refractivity contribution in [1.82, 2.24) is 0 Å². The molecular formula is C11H22O4S. The van der Waals surface area contributed by atoms with Crippen molar-refractivity contribution in [3.8, 4) is 0 Å². The van der Waals surface area contributed by atoms with Crippen molar-refractivity contribution in [2.24, 2.45) is 11.8 Å². The zero-order valence-corrected chi connectivity index (χ0v) is 11.3. The summed E-state index contributed by atoms with van der Waals surface area (Å²) in [5, 5.41) is 8.14. The predicted octanol–water partition coefficient (Wildman–Crippen LogP) is 1.52. The first-order chi connectivity index (χ1) is 7.36. The third-order valence-electron chi connectivity index (χ3n) is 2.01. The van der Waals surface area contributed by atoms with E-state index in [-0.39, 0.29) is 5.92 Å². The normalized spacial score (nSPS) is 15.4. The van der Waals surface area contributed by atoms with Crippen LogP contribution in [-0.2, 0) is 20.3 Å². The molecule has 0 bridgehead atoms. The maximum atomic E-state index is 11.7. The van der Waals surface area contributed by atoms with Gasteiger partial charge >= 0.3 is 5.97 Å². The Morgan fingerprint density at radius 2 is 1.88 bits per heavy atom. The molecule has 2 atom stereocenters. The van der Waals surface area contributed by atoms with E-state index in [2.05, 4.69) is 0 Å². The minimum atomic E-state index is -1.36. The molecule has 5 heteroatoms. The molecule has 0 radical (unpaired) electrons. The van der Waals surface area contributed by atoms with Crippen molar-refractivity contribution >= 4 is 16.8 Å². The summed E-state index contributed by atoms with van der Waals surface area (Å²) < 4.78 is 17.0. The number of carboxylic acid groups (broad SMARTS) is 1. The third-order valence-corrected chi connectivity index (χ3v) is 3.89. The maximum Gasteiger partial charge on any atom is 0.319 e. The molecule has 0 aromatic carbocycles. The van der Waals surface area contributed by atoms with Gasteiger partial charge in [0.25, 0.3) is 0 Å². The summed E-state index contributed by atoms with van der Waals surface area (Å²) in [6.07, 6.45) is 0. The van der Waals surface area contributed by atoms with Crippen molar-refractivity contribution in [2.45, 2.75) is 32.9 Å². The van der Waals surface area contributed by atoms with E-state index in [1.807, 2.05) is 13.8 Å². The molecule has 4 nitrogen and oxygen atoms in total. The smallest absolute Gasteiger partial charge is 0.319 e. The summed E-state index contributed by atoms with van der Waals surface area (Å²) in [7, 11) is -1.36. The van der Waals surface area contributed by atoms with E-state index in [4.69, 9.17) is 9.84 Å². The van der Waals surface area contributed by atoms with Crippen LogP contribution in [-0.4, -0.2) is 39.5 Å². The highest BCUT2D eigenvalue weighted by Crippen LogP contribution is 2.10. The van der Waals surface area contributed by atoms with E-state index in [0.717, 1.165) is 0 Å². The van der Waals surface area contributed by atoms with Crippen molar-refractivity contribution in [3.05, 3.63) is 0 Å². The van der Waals surface area contributed by atoms with Crippen LogP contribution in [0.1, 0.15) is 27.7 Å². The molecule has 0 aliphatic rings. The molecule has 0 amide bonds. The number of rotatable bonds is 8. The van der Waals surface area contributed by atoms with E-state index in [9.17, 15) is 9.00 Å². The maximum absolute atomic E-state index is 11.7. The van der Waals surface area contributed by atoms with E-state index < -0.39 is 22.0 Å². The lowest BCUT2D eigenvalue weighted by Crippen LogP contribution is -2.33. The Kier molecular flexibility index (Phi) is 7.58. The molecule has 1 N–H and O–H groups in total. The van der Waals surface area contributed by atoms with Crippen LogP contribution in [0.2, 0.25) is 0 Å². The molecule has 0 rings (SSSR count). The number of carboxylic acids is 1. The van der Waals surface area contributed by atoms with Gasteiger partial charge in [0, 0.05) is 23.2 Å². The van der Waals surface area contributed by atoms with E-state index >= 15 is 0 Å². The minimum Gasteiger partial charge on any atom is -0.480 e. The second-order valence-electron chi connectivity index (χ2n) is 4.56. The van der Waals surface area contributed by atoms with Crippen LogP contribution >= 0.6 is 0 Å². The molecule has 0 spiro atoms. The van der Waals surface area contributed by atoms with E-state index in [1.165, 1.54) is 0 Å². The summed E-state index contributed by atoms with van der Waals surface area (Å²) in [5.74, 6) is -0.378. The number of hydrogen-bond acceptors (Lipinski definition) is 3. The van der Waals surface area contributed by atoms with Gasteiger partial charge in [-0.3, -0.25) is 9.00 Å². The van der Waals surface area contributed by atoms with Crippen LogP contribution < -0.4 is 0 Å². The molecule has 0 aliphatic heterocycles. The van der Waals surface area contributed by atoms with Crippen LogP contribution in [0.3, 0.4) is 0 Å². The average Bonchev–Trinajstić information content (AvgIpc) is 2.10. The van der Waals surface area contributed by atoms with Crippen LogP contribution in [0, 0.1) is 11.8 Å². The second kappa shape index (κ2) is 7.79. The van der Waals surface area contributed by atoms with E-state index in [0.29, 0.717) is 24.9 Å². The van der Waals surface area contributed by atoms with Crippen molar-refractivity contribution in [1.29, 1.82) is 0 Å². The highest BCUT2D eigenvalue weighted by atomic mass is 32.2. The third kappa shape index (κ3) is 6.23. The summed E-state index contributed by atoms with van der Waals surface area (Å²) in [6, 6.07) is 0. The number of ether oxygens (including phenoxy) is 1. The van der Waals surface area contributed by atoms with Gasteiger partial charge in [-0.2, -0.15) is 0 Å². The summed E-state index contributed by atoms with van der Waals surface area (Å²) in [6.45, 7) is 8.59. The van der Waals surface area contributed by atoms with Crippen molar-refractivity contribution in [2.75, 3.05) is 19.0 Å². The summed E-state index contributed by atoms with van der Waals surface area (Å²) >= 11 is 0. The Morgan fingerprint density at radius 3 is 2.25 bits per heavy atom. The Bertz CT molecular complexity index is 238. The first kappa shape index (κ1) is 15.6. The van der Waals surface area contributed by atoms with Gasteiger partial charge < -0.3 is 9.84 Å². The van der Waals surface area contributed by atoms with Gasteiger partial charge in [0.05, 0.1) is 6.61 Å². The first-order valence-corrected chi connectivity index (χ1v) is 6.92. The molecule has 0 aromatic rings. The molecule has 0 aromatic heterocycles. The quantitative estimate of drug-likeness (QED) is 0.663. The summed E-state index contributed by atoms with van der Waals surface area (Å²) in [4.78, 5) is 10.9. The topological polar surface area (TPSA) is 63.6 Å². The lowest BCUT2D eigenvalue weighted by Gasteiger charge is -2.15. The van der Waals surface area contributed by atoms with E-state index in [1.54, 1.807) is 13.8 Å². The van der Waals surface area contributed by atoms with Crippen LogP contribution in [0.25, 0.3) is 0 Å². The van der Waals surface area contributed by atoms with Crippen LogP contribution in [0.5, 0.6) is 0 Å². The number of aliphatic carboxylic acids is 1. The van der Waals surface area contributed by atoms with Gasteiger partial charge in [0.1, 0.15) is 5.25 Å². The monoisotopic (exact) mass is 250 g/mol. The Hall–Kier alpha value is -0.420. The molecule has 0 aliphatic carbocycles. The molecule has 0 saturated heterocycles. The zero-order valence-electron chi connectivity index (χ0n) is 10.4. The molecule has 16 heavy (non-hydrogen) atoms.